The molecule has 24 heavy (non-hydrogen) atoms. The fourth-order valence-electron chi connectivity index (χ4n) is 2.53. The van der Waals surface area contributed by atoms with Crippen LogP contribution in [0.15, 0.2) is 48.8 Å². The average molecular weight is 327 g/mol. The standard InChI is InChI=1S/C18H15F2N3O/c1-11-4-3-5-14(19)17(11)18(24)22-13-6-7-16(15(20)10-13)23-9-8-21-12(23)2/h3-10H,1-2H3,(H,22,24). The van der Waals surface area contributed by atoms with Crippen LogP contribution in [0.5, 0.6) is 0 Å². The molecule has 0 fully saturated rings. The fraction of sp³-hybridized carbons (Fsp3) is 0.111. The van der Waals surface area contributed by atoms with Crippen LogP contribution in [0.25, 0.3) is 5.69 Å². The van der Waals surface area contributed by atoms with Crippen LogP contribution in [-0.2, 0) is 0 Å². The lowest BCUT2D eigenvalue weighted by Gasteiger charge is -2.11. The molecule has 1 N–H and O–H groups in total. The first kappa shape index (κ1) is 15.9. The molecular weight excluding hydrogens is 312 g/mol. The monoisotopic (exact) mass is 327 g/mol. The highest BCUT2D eigenvalue weighted by atomic mass is 19.1. The molecule has 0 unspecified atom stereocenters. The number of rotatable bonds is 3. The lowest BCUT2D eigenvalue weighted by Crippen LogP contribution is -2.15. The number of nitrogens with one attached hydrogen (secondary N) is 1. The zero-order valence-electron chi connectivity index (χ0n) is 13.2. The molecule has 0 aliphatic rings. The minimum absolute atomic E-state index is 0.0487. The second kappa shape index (κ2) is 6.23. The van der Waals surface area contributed by atoms with Crippen LogP contribution in [0.4, 0.5) is 14.5 Å². The molecule has 4 nitrogen and oxygen atoms in total. The quantitative estimate of drug-likeness (QED) is 0.790. The van der Waals surface area contributed by atoms with Crippen molar-refractivity contribution < 1.29 is 13.6 Å². The predicted molar refractivity (Wildman–Crippen MR) is 87.3 cm³/mol. The van der Waals surface area contributed by atoms with E-state index in [4.69, 9.17) is 0 Å². The van der Waals surface area contributed by atoms with Gasteiger partial charge in [0.2, 0.25) is 0 Å². The largest absolute Gasteiger partial charge is 0.322 e. The minimum Gasteiger partial charge on any atom is -0.322 e. The van der Waals surface area contributed by atoms with E-state index < -0.39 is 17.5 Å². The van der Waals surface area contributed by atoms with Gasteiger partial charge in [0.25, 0.3) is 5.91 Å². The third-order valence-corrected chi connectivity index (χ3v) is 3.74. The van der Waals surface area contributed by atoms with Crippen LogP contribution in [0, 0.1) is 25.5 Å². The summed E-state index contributed by atoms with van der Waals surface area (Å²) >= 11 is 0. The first-order valence-corrected chi connectivity index (χ1v) is 7.33. The van der Waals surface area contributed by atoms with Gasteiger partial charge >= 0.3 is 0 Å². The summed E-state index contributed by atoms with van der Waals surface area (Å²) in [5.74, 6) is -1.10. The molecule has 1 aromatic heterocycles. The van der Waals surface area contributed by atoms with Gasteiger partial charge in [-0.3, -0.25) is 4.79 Å². The van der Waals surface area contributed by atoms with Gasteiger partial charge < -0.3 is 9.88 Å². The van der Waals surface area contributed by atoms with Gasteiger partial charge in [0.05, 0.1) is 11.3 Å². The Labute approximate surface area is 137 Å². The van der Waals surface area contributed by atoms with Gasteiger partial charge in [0.1, 0.15) is 17.5 Å². The highest BCUT2D eigenvalue weighted by molar-refractivity contribution is 6.05. The summed E-state index contributed by atoms with van der Waals surface area (Å²) in [7, 11) is 0. The number of amides is 1. The first-order valence-electron chi connectivity index (χ1n) is 7.33. The zero-order chi connectivity index (χ0) is 17.3. The Hall–Kier alpha value is -3.02. The normalized spacial score (nSPS) is 10.7. The molecule has 0 radical (unpaired) electrons. The predicted octanol–water partition coefficient (Wildman–Crippen LogP) is 4.02. The van der Waals surface area contributed by atoms with Gasteiger partial charge in [-0.25, -0.2) is 13.8 Å². The fourth-order valence-corrected chi connectivity index (χ4v) is 2.53. The van der Waals surface area contributed by atoms with E-state index in [2.05, 4.69) is 10.3 Å². The van der Waals surface area contributed by atoms with Crippen molar-refractivity contribution in [3.8, 4) is 5.69 Å². The summed E-state index contributed by atoms with van der Waals surface area (Å²) < 4.78 is 29.8. The van der Waals surface area contributed by atoms with Crippen LogP contribution in [-0.4, -0.2) is 15.5 Å². The molecule has 0 spiro atoms. The number of nitrogens with zero attached hydrogens (tertiary/aromatic N) is 2. The minimum atomic E-state index is -0.614. The Morgan fingerprint density at radius 1 is 1.12 bits per heavy atom. The Balaban J connectivity index is 1.88. The van der Waals surface area contributed by atoms with E-state index in [1.54, 1.807) is 42.9 Å². The van der Waals surface area contributed by atoms with Crippen molar-refractivity contribution in [1.29, 1.82) is 0 Å². The molecule has 122 valence electrons. The second-order valence-corrected chi connectivity index (χ2v) is 5.40. The molecule has 0 bridgehead atoms. The summed E-state index contributed by atoms with van der Waals surface area (Å²) in [5, 5.41) is 2.52. The van der Waals surface area contributed by atoms with E-state index in [1.807, 2.05) is 0 Å². The molecule has 0 saturated carbocycles. The lowest BCUT2D eigenvalue weighted by atomic mass is 10.1. The number of benzene rings is 2. The highest BCUT2D eigenvalue weighted by Gasteiger charge is 2.15. The van der Waals surface area contributed by atoms with Gasteiger partial charge in [-0.15, -0.1) is 0 Å². The van der Waals surface area contributed by atoms with Crippen molar-refractivity contribution in [2.45, 2.75) is 13.8 Å². The van der Waals surface area contributed by atoms with Gasteiger partial charge in [0, 0.05) is 18.1 Å². The summed E-state index contributed by atoms with van der Waals surface area (Å²) in [5.41, 5.74) is 1.04. The average Bonchev–Trinajstić information content (AvgIpc) is 2.93. The number of aromatic nitrogens is 2. The number of aryl methyl sites for hydroxylation is 2. The number of hydrogen-bond acceptors (Lipinski definition) is 2. The Morgan fingerprint density at radius 3 is 2.54 bits per heavy atom. The SMILES string of the molecule is Cc1cccc(F)c1C(=O)Nc1ccc(-n2ccnc2C)c(F)c1. The Kier molecular flexibility index (Phi) is 4.12. The molecule has 6 heteroatoms. The number of halogens is 2. The zero-order valence-corrected chi connectivity index (χ0v) is 13.2. The number of anilines is 1. The van der Waals surface area contributed by atoms with E-state index in [9.17, 15) is 13.6 Å². The molecular formula is C18H15F2N3O. The van der Waals surface area contributed by atoms with Crippen LogP contribution < -0.4 is 5.32 Å². The molecule has 0 aliphatic heterocycles. The topological polar surface area (TPSA) is 46.9 Å². The number of imidazole rings is 1. The molecule has 0 atom stereocenters. The van der Waals surface area contributed by atoms with Crippen molar-refractivity contribution in [3.63, 3.8) is 0 Å². The molecule has 0 aliphatic carbocycles. The van der Waals surface area contributed by atoms with Crippen molar-refractivity contribution in [1.82, 2.24) is 9.55 Å². The van der Waals surface area contributed by atoms with Crippen molar-refractivity contribution >= 4 is 11.6 Å². The van der Waals surface area contributed by atoms with Crippen molar-refractivity contribution in [2.24, 2.45) is 0 Å². The van der Waals surface area contributed by atoms with Crippen molar-refractivity contribution in [2.75, 3.05) is 5.32 Å². The summed E-state index contributed by atoms with van der Waals surface area (Å²) in [4.78, 5) is 16.3. The maximum Gasteiger partial charge on any atom is 0.258 e. The van der Waals surface area contributed by atoms with E-state index in [1.165, 1.54) is 24.3 Å². The Bertz CT molecular complexity index is 898. The smallest absolute Gasteiger partial charge is 0.258 e. The highest BCUT2D eigenvalue weighted by Crippen LogP contribution is 2.21. The number of carbonyl (C=O) groups is 1. The van der Waals surface area contributed by atoms with Gasteiger partial charge in [-0.05, 0) is 43.7 Å². The Morgan fingerprint density at radius 2 is 1.92 bits per heavy atom. The van der Waals surface area contributed by atoms with E-state index in [0.717, 1.165) is 0 Å². The van der Waals surface area contributed by atoms with Gasteiger partial charge in [-0.1, -0.05) is 12.1 Å². The summed E-state index contributed by atoms with van der Waals surface area (Å²) in [6.45, 7) is 3.40. The molecule has 3 rings (SSSR count). The molecule has 1 heterocycles. The third-order valence-electron chi connectivity index (χ3n) is 3.74. The van der Waals surface area contributed by atoms with Crippen LogP contribution >= 0.6 is 0 Å². The molecule has 3 aromatic rings. The summed E-state index contributed by atoms with van der Waals surface area (Å²) in [6.07, 6.45) is 3.22. The summed E-state index contributed by atoms with van der Waals surface area (Å²) in [6, 6.07) is 8.68. The number of carbonyl (C=O) groups excluding carboxylic acids is 1. The second-order valence-electron chi connectivity index (χ2n) is 5.40. The molecule has 2 aromatic carbocycles. The van der Waals surface area contributed by atoms with Crippen LogP contribution in [0.2, 0.25) is 0 Å². The molecule has 1 amide bonds. The lowest BCUT2D eigenvalue weighted by molar-refractivity contribution is 0.102. The number of hydrogen-bond donors (Lipinski definition) is 1. The van der Waals surface area contributed by atoms with Crippen molar-refractivity contribution in [3.05, 3.63) is 77.4 Å². The molecule has 0 saturated heterocycles. The van der Waals surface area contributed by atoms with Crippen LogP contribution in [0.1, 0.15) is 21.7 Å². The van der Waals surface area contributed by atoms with E-state index in [0.29, 0.717) is 17.1 Å². The van der Waals surface area contributed by atoms with Gasteiger partial charge in [-0.2, -0.15) is 0 Å². The van der Waals surface area contributed by atoms with Gasteiger partial charge in [0.15, 0.2) is 0 Å². The van der Waals surface area contributed by atoms with E-state index >= 15 is 0 Å². The first-order chi connectivity index (χ1) is 11.5. The van der Waals surface area contributed by atoms with E-state index in [-0.39, 0.29) is 11.3 Å². The van der Waals surface area contributed by atoms with Crippen LogP contribution in [0.3, 0.4) is 0 Å². The third kappa shape index (κ3) is 2.90. The maximum atomic E-state index is 14.3. The maximum absolute atomic E-state index is 14.3.